The van der Waals surface area contributed by atoms with E-state index in [1.807, 2.05) is 0 Å². The third-order valence-corrected chi connectivity index (χ3v) is 3.07. The highest BCUT2D eigenvalue weighted by molar-refractivity contribution is 5.94. The highest BCUT2D eigenvalue weighted by Crippen LogP contribution is 2.12. The van der Waals surface area contributed by atoms with Crippen molar-refractivity contribution in [2.45, 2.75) is 13.5 Å². The van der Waals surface area contributed by atoms with Crippen LogP contribution in [0.1, 0.15) is 23.1 Å². The Hall–Kier alpha value is -3.23. The minimum atomic E-state index is -0.582. The Kier molecular flexibility index (Phi) is 5.83. The number of benzene rings is 1. The molecule has 2 rings (SSSR count). The minimum absolute atomic E-state index is 0.0420. The number of nitrogen functional groups attached to an aromatic ring is 1. The number of ketones is 1. The van der Waals surface area contributed by atoms with E-state index in [1.54, 1.807) is 43.3 Å². The zero-order chi connectivity index (χ0) is 18.4. The van der Waals surface area contributed by atoms with E-state index >= 15 is 0 Å². The van der Waals surface area contributed by atoms with Gasteiger partial charge in [0.2, 0.25) is 11.9 Å². The Morgan fingerprint density at radius 1 is 1.12 bits per heavy atom. The first-order valence-corrected chi connectivity index (χ1v) is 7.42. The van der Waals surface area contributed by atoms with Gasteiger partial charge in [0.25, 0.3) is 0 Å². The highest BCUT2D eigenvalue weighted by atomic mass is 16.6. The van der Waals surface area contributed by atoms with Crippen molar-refractivity contribution in [3.05, 3.63) is 35.7 Å². The first kappa shape index (κ1) is 18.1. The quantitative estimate of drug-likeness (QED) is 0.575. The standard InChI is InChI=1S/C16H19N5O4/c1-10(22)11-4-6-12(7-5-11)24-9-14(23)25-8-13-18-15(17)20-16(19-13)21(2)3/h4-7H,8-9H2,1-3H3,(H2,17,18,19,20). The molecule has 0 radical (unpaired) electrons. The maximum atomic E-state index is 11.8. The summed E-state index contributed by atoms with van der Waals surface area (Å²) >= 11 is 0. The molecular weight excluding hydrogens is 326 g/mol. The van der Waals surface area contributed by atoms with Gasteiger partial charge in [-0.25, -0.2) is 4.79 Å². The van der Waals surface area contributed by atoms with Crippen LogP contribution in [0.3, 0.4) is 0 Å². The predicted molar refractivity (Wildman–Crippen MR) is 90.3 cm³/mol. The van der Waals surface area contributed by atoms with E-state index in [0.717, 1.165) is 0 Å². The number of Topliss-reactive ketones (excluding diaryl/α,β-unsaturated/α-hetero) is 1. The molecule has 0 aliphatic rings. The maximum Gasteiger partial charge on any atom is 0.344 e. The fourth-order valence-electron chi connectivity index (χ4n) is 1.80. The molecule has 0 bridgehead atoms. The third-order valence-electron chi connectivity index (χ3n) is 3.07. The van der Waals surface area contributed by atoms with Crippen LogP contribution >= 0.6 is 0 Å². The first-order valence-electron chi connectivity index (χ1n) is 7.42. The van der Waals surface area contributed by atoms with Gasteiger partial charge in [-0.15, -0.1) is 0 Å². The summed E-state index contributed by atoms with van der Waals surface area (Å²) in [5.74, 6) is 0.504. The monoisotopic (exact) mass is 345 g/mol. The molecule has 0 fully saturated rings. The van der Waals surface area contributed by atoms with Crippen molar-refractivity contribution < 1.29 is 19.1 Å². The van der Waals surface area contributed by atoms with Gasteiger partial charge >= 0.3 is 5.97 Å². The van der Waals surface area contributed by atoms with Gasteiger partial charge in [-0.05, 0) is 31.2 Å². The number of hydrogen-bond donors (Lipinski definition) is 1. The van der Waals surface area contributed by atoms with Crippen molar-refractivity contribution in [1.82, 2.24) is 15.0 Å². The van der Waals surface area contributed by atoms with Crippen LogP contribution in [-0.2, 0) is 16.1 Å². The molecular formula is C16H19N5O4. The fraction of sp³-hybridized carbons (Fsp3) is 0.312. The van der Waals surface area contributed by atoms with Crippen molar-refractivity contribution >= 4 is 23.6 Å². The van der Waals surface area contributed by atoms with E-state index in [1.165, 1.54) is 6.92 Å². The smallest absolute Gasteiger partial charge is 0.344 e. The predicted octanol–water partition coefficient (Wildman–Crippen LogP) is 0.845. The number of rotatable bonds is 7. The second-order valence-electron chi connectivity index (χ2n) is 5.33. The summed E-state index contributed by atoms with van der Waals surface area (Å²) in [6.07, 6.45) is 0. The van der Waals surface area contributed by atoms with Gasteiger partial charge in [-0.3, -0.25) is 4.79 Å². The van der Waals surface area contributed by atoms with Crippen LogP contribution < -0.4 is 15.4 Å². The van der Waals surface area contributed by atoms with Crippen LogP contribution in [0.15, 0.2) is 24.3 Å². The summed E-state index contributed by atoms with van der Waals surface area (Å²) in [6.45, 7) is 1.06. The molecule has 0 saturated carbocycles. The molecule has 0 spiro atoms. The van der Waals surface area contributed by atoms with E-state index < -0.39 is 5.97 Å². The number of esters is 1. The maximum absolute atomic E-state index is 11.8. The van der Waals surface area contributed by atoms with Crippen molar-refractivity contribution in [2.24, 2.45) is 0 Å². The number of anilines is 2. The van der Waals surface area contributed by atoms with Gasteiger partial charge in [0.05, 0.1) is 0 Å². The average Bonchev–Trinajstić information content (AvgIpc) is 2.58. The average molecular weight is 345 g/mol. The van der Waals surface area contributed by atoms with Crippen molar-refractivity contribution in [2.75, 3.05) is 31.3 Å². The van der Waals surface area contributed by atoms with Gasteiger partial charge in [0.1, 0.15) is 5.75 Å². The summed E-state index contributed by atoms with van der Waals surface area (Å²) < 4.78 is 10.4. The zero-order valence-corrected chi connectivity index (χ0v) is 14.2. The summed E-state index contributed by atoms with van der Waals surface area (Å²) in [5, 5.41) is 0. The van der Waals surface area contributed by atoms with E-state index in [2.05, 4.69) is 15.0 Å². The zero-order valence-electron chi connectivity index (χ0n) is 14.2. The molecule has 0 unspecified atom stereocenters. The number of ether oxygens (including phenoxy) is 2. The lowest BCUT2D eigenvalue weighted by atomic mass is 10.1. The van der Waals surface area contributed by atoms with E-state index in [9.17, 15) is 9.59 Å². The van der Waals surface area contributed by atoms with Crippen LogP contribution in [0.25, 0.3) is 0 Å². The Morgan fingerprint density at radius 2 is 1.80 bits per heavy atom. The first-order chi connectivity index (χ1) is 11.8. The summed E-state index contributed by atoms with van der Waals surface area (Å²) in [5.41, 5.74) is 6.16. The molecule has 0 aliphatic heterocycles. The largest absolute Gasteiger partial charge is 0.482 e. The number of aromatic nitrogens is 3. The Balaban J connectivity index is 1.85. The third kappa shape index (κ3) is 5.41. The number of hydrogen-bond acceptors (Lipinski definition) is 9. The molecule has 0 aliphatic carbocycles. The lowest BCUT2D eigenvalue weighted by Crippen LogP contribution is -2.18. The van der Waals surface area contributed by atoms with Crippen molar-refractivity contribution in [1.29, 1.82) is 0 Å². The summed E-state index contributed by atoms with van der Waals surface area (Å²) in [7, 11) is 3.52. The number of carbonyl (C=O) groups is 2. The molecule has 1 aromatic heterocycles. The van der Waals surface area contributed by atoms with Crippen LogP contribution in [0.2, 0.25) is 0 Å². The van der Waals surface area contributed by atoms with Crippen LogP contribution in [0, 0.1) is 0 Å². The van der Waals surface area contributed by atoms with Crippen LogP contribution in [0.5, 0.6) is 5.75 Å². The van der Waals surface area contributed by atoms with Gasteiger partial charge in [0.15, 0.2) is 24.8 Å². The molecule has 9 heteroatoms. The van der Waals surface area contributed by atoms with Crippen LogP contribution in [-0.4, -0.2) is 47.4 Å². The molecule has 132 valence electrons. The van der Waals surface area contributed by atoms with Crippen molar-refractivity contribution in [3.8, 4) is 5.75 Å². The number of carbonyl (C=O) groups excluding carboxylic acids is 2. The molecule has 2 aromatic rings. The summed E-state index contributed by atoms with van der Waals surface area (Å²) in [6, 6.07) is 6.47. The van der Waals surface area contributed by atoms with Gasteiger partial charge < -0.3 is 20.1 Å². The highest BCUT2D eigenvalue weighted by Gasteiger charge is 2.10. The molecule has 2 N–H and O–H groups in total. The Bertz CT molecular complexity index is 762. The lowest BCUT2D eigenvalue weighted by molar-refractivity contribution is -0.147. The molecule has 0 atom stereocenters. The van der Waals surface area contributed by atoms with E-state index in [0.29, 0.717) is 17.3 Å². The summed E-state index contributed by atoms with van der Waals surface area (Å²) in [4.78, 5) is 36.6. The molecule has 0 amide bonds. The van der Waals surface area contributed by atoms with Gasteiger partial charge in [0, 0.05) is 19.7 Å². The topological polar surface area (TPSA) is 121 Å². The minimum Gasteiger partial charge on any atom is -0.482 e. The lowest BCUT2D eigenvalue weighted by Gasteiger charge is -2.11. The normalized spacial score (nSPS) is 10.2. The molecule has 0 saturated heterocycles. The molecule has 1 heterocycles. The fourth-order valence-corrected chi connectivity index (χ4v) is 1.80. The SMILES string of the molecule is CC(=O)c1ccc(OCC(=O)OCc2nc(N)nc(N(C)C)n2)cc1. The Labute approximate surface area is 144 Å². The van der Waals surface area contributed by atoms with E-state index in [-0.39, 0.29) is 30.8 Å². The Morgan fingerprint density at radius 3 is 2.40 bits per heavy atom. The second kappa shape index (κ2) is 8.04. The molecule has 25 heavy (non-hydrogen) atoms. The number of nitrogens with two attached hydrogens (primary N) is 1. The molecule has 9 nitrogen and oxygen atoms in total. The molecule has 1 aromatic carbocycles. The van der Waals surface area contributed by atoms with Crippen molar-refractivity contribution in [3.63, 3.8) is 0 Å². The van der Waals surface area contributed by atoms with Gasteiger partial charge in [-0.1, -0.05) is 0 Å². The van der Waals surface area contributed by atoms with E-state index in [4.69, 9.17) is 15.2 Å². The number of nitrogens with zero attached hydrogens (tertiary/aromatic N) is 4. The van der Waals surface area contributed by atoms with Crippen LogP contribution in [0.4, 0.5) is 11.9 Å². The second-order valence-corrected chi connectivity index (χ2v) is 5.33. The van der Waals surface area contributed by atoms with Gasteiger partial charge in [-0.2, -0.15) is 15.0 Å².